The number of hydrogen-bond donors (Lipinski definition) is 1. The Labute approximate surface area is 148 Å². The van der Waals surface area contributed by atoms with Crippen LogP contribution in [0.25, 0.3) is 0 Å². The summed E-state index contributed by atoms with van der Waals surface area (Å²) >= 11 is 6.29. The Morgan fingerprint density at radius 1 is 1.12 bits per heavy atom. The fraction of sp³-hybridized carbons (Fsp3) is 0.650. The van der Waals surface area contributed by atoms with Crippen molar-refractivity contribution in [3.8, 4) is 0 Å². The SMILES string of the molecule is O=C(NCC12CC3CC(CC(C3)C1)C2)c1cc(N2CC2)ccc1Cl. The largest absolute Gasteiger partial charge is 0.368 e. The number of carbonyl (C=O) groups excluding carboxylic acids is 1. The first kappa shape index (κ1) is 15.1. The number of nitrogens with one attached hydrogen (secondary N) is 1. The Morgan fingerprint density at radius 3 is 2.33 bits per heavy atom. The summed E-state index contributed by atoms with van der Waals surface area (Å²) < 4.78 is 0. The van der Waals surface area contributed by atoms with Crippen molar-refractivity contribution in [2.24, 2.45) is 23.2 Å². The summed E-state index contributed by atoms with van der Waals surface area (Å²) in [5, 5.41) is 3.80. The molecule has 0 radical (unpaired) electrons. The quantitative estimate of drug-likeness (QED) is 0.834. The number of carbonyl (C=O) groups is 1. The Morgan fingerprint density at radius 2 is 1.75 bits per heavy atom. The summed E-state index contributed by atoms with van der Waals surface area (Å²) in [5.74, 6) is 2.76. The van der Waals surface area contributed by atoms with Crippen LogP contribution in [0.2, 0.25) is 5.02 Å². The van der Waals surface area contributed by atoms with Gasteiger partial charge in [-0.1, -0.05) is 11.6 Å². The van der Waals surface area contributed by atoms with E-state index in [0.717, 1.165) is 43.1 Å². The zero-order valence-corrected chi connectivity index (χ0v) is 14.8. The summed E-state index contributed by atoms with van der Waals surface area (Å²) in [6.45, 7) is 2.99. The molecule has 4 aliphatic carbocycles. The lowest BCUT2D eigenvalue weighted by molar-refractivity contribution is -0.0503. The molecular formula is C20H25ClN2O. The summed E-state index contributed by atoms with van der Waals surface area (Å²) in [5.41, 5.74) is 2.11. The highest BCUT2D eigenvalue weighted by Crippen LogP contribution is 2.59. The average Bonchev–Trinajstić information content (AvgIpc) is 3.37. The van der Waals surface area contributed by atoms with Crippen molar-refractivity contribution in [2.75, 3.05) is 24.5 Å². The van der Waals surface area contributed by atoms with Crippen LogP contribution in [0.1, 0.15) is 48.9 Å². The van der Waals surface area contributed by atoms with Gasteiger partial charge >= 0.3 is 0 Å². The molecule has 128 valence electrons. The molecule has 1 aromatic rings. The maximum absolute atomic E-state index is 12.7. The molecular weight excluding hydrogens is 320 g/mol. The third kappa shape index (κ3) is 2.61. The van der Waals surface area contributed by atoms with Crippen molar-refractivity contribution in [3.63, 3.8) is 0 Å². The standard InChI is InChI=1S/C20H25ClN2O/c21-18-2-1-16(23-3-4-23)8-17(18)19(24)22-12-20-9-13-5-14(10-20)7-15(6-13)11-20/h1-2,8,13-15H,3-7,9-12H2,(H,22,24). The van der Waals surface area contributed by atoms with Gasteiger partial charge in [0.15, 0.2) is 0 Å². The third-order valence-corrected chi connectivity index (χ3v) is 7.13. The van der Waals surface area contributed by atoms with Gasteiger partial charge in [-0.3, -0.25) is 4.79 Å². The van der Waals surface area contributed by atoms with Crippen molar-refractivity contribution in [2.45, 2.75) is 38.5 Å². The first-order valence-corrected chi connectivity index (χ1v) is 9.81. The first-order chi connectivity index (χ1) is 11.6. The highest BCUT2D eigenvalue weighted by Gasteiger charge is 2.50. The molecule has 24 heavy (non-hydrogen) atoms. The van der Waals surface area contributed by atoms with Crippen LogP contribution in [-0.4, -0.2) is 25.5 Å². The van der Waals surface area contributed by atoms with Gasteiger partial charge in [0.2, 0.25) is 0 Å². The minimum atomic E-state index is -0.000514. The Balaban J connectivity index is 1.30. The van der Waals surface area contributed by atoms with Crippen LogP contribution in [0.5, 0.6) is 0 Å². The Bertz CT molecular complexity index is 647. The first-order valence-electron chi connectivity index (χ1n) is 9.43. The molecule has 0 atom stereocenters. The summed E-state index contributed by atoms with van der Waals surface area (Å²) in [6, 6.07) is 5.81. The molecule has 1 heterocycles. The zero-order valence-electron chi connectivity index (χ0n) is 14.1. The van der Waals surface area contributed by atoms with Gasteiger partial charge < -0.3 is 10.2 Å². The number of amides is 1. The highest BCUT2D eigenvalue weighted by atomic mass is 35.5. The lowest BCUT2D eigenvalue weighted by atomic mass is 9.49. The fourth-order valence-corrected chi connectivity index (χ4v) is 6.27. The van der Waals surface area contributed by atoms with Crippen LogP contribution in [0.4, 0.5) is 5.69 Å². The van der Waals surface area contributed by atoms with Crippen molar-refractivity contribution < 1.29 is 4.79 Å². The molecule has 0 aromatic heterocycles. The lowest BCUT2D eigenvalue weighted by Gasteiger charge is -2.56. The molecule has 4 saturated carbocycles. The maximum atomic E-state index is 12.7. The van der Waals surface area contributed by atoms with Gasteiger partial charge in [0, 0.05) is 25.3 Å². The molecule has 1 amide bonds. The molecule has 5 fully saturated rings. The predicted octanol–water partition coefficient (Wildman–Crippen LogP) is 4.11. The van der Waals surface area contributed by atoms with Gasteiger partial charge in [0.05, 0.1) is 10.6 Å². The summed E-state index contributed by atoms with van der Waals surface area (Å²) in [7, 11) is 0. The van der Waals surface area contributed by atoms with E-state index < -0.39 is 0 Å². The van der Waals surface area contributed by atoms with Crippen molar-refractivity contribution in [1.29, 1.82) is 0 Å². The molecule has 5 aliphatic rings. The van der Waals surface area contributed by atoms with E-state index in [1.165, 1.54) is 38.5 Å². The minimum absolute atomic E-state index is 0.000514. The van der Waals surface area contributed by atoms with Crippen molar-refractivity contribution >= 4 is 23.2 Å². The molecule has 1 aliphatic heterocycles. The highest BCUT2D eigenvalue weighted by molar-refractivity contribution is 6.34. The number of rotatable bonds is 4. The van der Waals surface area contributed by atoms with E-state index >= 15 is 0 Å². The van der Waals surface area contributed by atoms with Crippen LogP contribution >= 0.6 is 11.6 Å². The van der Waals surface area contributed by atoms with Gasteiger partial charge in [-0.15, -0.1) is 0 Å². The van der Waals surface area contributed by atoms with E-state index in [0.29, 0.717) is 16.0 Å². The molecule has 4 bridgehead atoms. The van der Waals surface area contributed by atoms with Gasteiger partial charge in [0.25, 0.3) is 5.91 Å². The van der Waals surface area contributed by atoms with E-state index in [1.54, 1.807) is 0 Å². The summed E-state index contributed by atoms with van der Waals surface area (Å²) in [4.78, 5) is 15.0. The second kappa shape index (κ2) is 5.39. The minimum Gasteiger partial charge on any atom is -0.368 e. The normalized spacial score (nSPS) is 36.0. The number of halogens is 1. The number of nitrogens with zero attached hydrogens (tertiary/aromatic N) is 1. The number of hydrogen-bond acceptors (Lipinski definition) is 2. The van der Waals surface area contributed by atoms with Gasteiger partial charge in [0.1, 0.15) is 0 Å². The van der Waals surface area contributed by atoms with Crippen LogP contribution in [-0.2, 0) is 0 Å². The van der Waals surface area contributed by atoms with Crippen LogP contribution < -0.4 is 10.2 Å². The van der Waals surface area contributed by atoms with Crippen LogP contribution in [0, 0.1) is 23.2 Å². The number of benzene rings is 1. The number of anilines is 1. The third-order valence-electron chi connectivity index (χ3n) is 6.80. The topological polar surface area (TPSA) is 32.1 Å². The van der Waals surface area contributed by atoms with E-state index in [9.17, 15) is 4.79 Å². The molecule has 0 spiro atoms. The molecule has 0 unspecified atom stereocenters. The average molecular weight is 345 g/mol. The zero-order chi connectivity index (χ0) is 16.3. The van der Waals surface area contributed by atoms with Crippen LogP contribution in [0.3, 0.4) is 0 Å². The van der Waals surface area contributed by atoms with Crippen LogP contribution in [0.15, 0.2) is 18.2 Å². The Hall–Kier alpha value is -1.22. The maximum Gasteiger partial charge on any atom is 0.252 e. The second-order valence-corrected chi connectivity index (χ2v) is 9.16. The summed E-state index contributed by atoms with van der Waals surface area (Å²) in [6.07, 6.45) is 8.28. The van der Waals surface area contributed by atoms with Gasteiger partial charge in [-0.25, -0.2) is 0 Å². The molecule has 1 aromatic carbocycles. The van der Waals surface area contributed by atoms with Gasteiger partial charge in [-0.05, 0) is 79.9 Å². The second-order valence-electron chi connectivity index (χ2n) is 8.75. The predicted molar refractivity (Wildman–Crippen MR) is 96.6 cm³/mol. The molecule has 1 N–H and O–H groups in total. The lowest BCUT2D eigenvalue weighted by Crippen LogP contribution is -2.51. The van der Waals surface area contributed by atoms with E-state index in [1.807, 2.05) is 18.2 Å². The molecule has 1 saturated heterocycles. The van der Waals surface area contributed by atoms with E-state index in [2.05, 4.69) is 10.2 Å². The monoisotopic (exact) mass is 344 g/mol. The fourth-order valence-electron chi connectivity index (χ4n) is 6.06. The van der Waals surface area contributed by atoms with Crippen molar-refractivity contribution in [3.05, 3.63) is 28.8 Å². The van der Waals surface area contributed by atoms with Crippen molar-refractivity contribution in [1.82, 2.24) is 5.32 Å². The Kier molecular flexibility index (Phi) is 3.38. The van der Waals surface area contributed by atoms with E-state index in [4.69, 9.17) is 11.6 Å². The molecule has 6 rings (SSSR count). The smallest absolute Gasteiger partial charge is 0.252 e. The van der Waals surface area contributed by atoms with E-state index in [-0.39, 0.29) is 5.91 Å². The molecule has 4 heteroatoms. The molecule has 3 nitrogen and oxygen atoms in total. The van der Waals surface area contributed by atoms with Gasteiger partial charge in [-0.2, -0.15) is 0 Å².